The van der Waals surface area contributed by atoms with Crippen LogP contribution in [0.1, 0.15) is 48.4 Å². The SMILES string of the molecule is CC(C)Cn1nc(C(=O)O)c2c1CC[C@H](N1CC=CCC1)C2. The van der Waals surface area contributed by atoms with Crippen LogP contribution in [0.15, 0.2) is 12.2 Å². The van der Waals surface area contributed by atoms with Gasteiger partial charge in [-0.15, -0.1) is 0 Å². The molecule has 2 heterocycles. The van der Waals surface area contributed by atoms with Crippen molar-refractivity contribution in [2.45, 2.75) is 52.1 Å². The molecule has 0 saturated heterocycles. The molecular weight excluding hydrogens is 278 g/mol. The van der Waals surface area contributed by atoms with Crippen LogP contribution < -0.4 is 0 Å². The Morgan fingerprint density at radius 3 is 2.91 bits per heavy atom. The van der Waals surface area contributed by atoms with Crippen LogP contribution in [0, 0.1) is 5.92 Å². The number of carbonyl (C=O) groups is 1. The predicted molar refractivity (Wildman–Crippen MR) is 85.2 cm³/mol. The van der Waals surface area contributed by atoms with Gasteiger partial charge in [0.25, 0.3) is 0 Å². The van der Waals surface area contributed by atoms with Gasteiger partial charge in [-0.1, -0.05) is 26.0 Å². The Bertz CT molecular complexity index is 589. The van der Waals surface area contributed by atoms with Gasteiger partial charge >= 0.3 is 5.97 Å². The third-order valence-electron chi connectivity index (χ3n) is 4.67. The molecule has 2 aliphatic rings. The molecule has 0 bridgehead atoms. The second kappa shape index (κ2) is 6.24. The van der Waals surface area contributed by atoms with E-state index in [9.17, 15) is 9.90 Å². The van der Waals surface area contributed by atoms with Gasteiger partial charge in [-0.2, -0.15) is 5.10 Å². The van der Waals surface area contributed by atoms with Gasteiger partial charge in [0.05, 0.1) is 0 Å². The monoisotopic (exact) mass is 303 g/mol. The van der Waals surface area contributed by atoms with Gasteiger partial charge < -0.3 is 5.11 Å². The van der Waals surface area contributed by atoms with Crippen LogP contribution in [0.25, 0.3) is 0 Å². The number of carboxylic acids is 1. The molecule has 0 unspecified atom stereocenters. The molecule has 1 aliphatic heterocycles. The molecule has 22 heavy (non-hydrogen) atoms. The van der Waals surface area contributed by atoms with Gasteiger partial charge in [-0.05, 0) is 31.6 Å². The molecule has 0 aromatic carbocycles. The van der Waals surface area contributed by atoms with E-state index < -0.39 is 5.97 Å². The second-order valence-corrected chi connectivity index (χ2v) is 6.81. The molecule has 120 valence electrons. The molecule has 0 radical (unpaired) electrons. The third-order valence-corrected chi connectivity index (χ3v) is 4.67. The summed E-state index contributed by atoms with van der Waals surface area (Å²) >= 11 is 0. The van der Waals surface area contributed by atoms with E-state index in [1.807, 2.05) is 4.68 Å². The number of rotatable bonds is 4. The molecule has 0 fully saturated rings. The lowest BCUT2D eigenvalue weighted by atomic mass is 9.89. The van der Waals surface area contributed by atoms with Crippen molar-refractivity contribution in [3.8, 4) is 0 Å². The average Bonchev–Trinajstić information content (AvgIpc) is 2.86. The molecular formula is C17H25N3O2. The summed E-state index contributed by atoms with van der Waals surface area (Å²) in [6.45, 7) is 7.15. The Labute approximate surface area is 131 Å². The quantitative estimate of drug-likeness (QED) is 0.868. The second-order valence-electron chi connectivity index (χ2n) is 6.81. The van der Waals surface area contributed by atoms with Gasteiger partial charge in [0.1, 0.15) is 0 Å². The molecule has 0 spiro atoms. The highest BCUT2D eigenvalue weighted by Crippen LogP contribution is 2.28. The molecule has 1 aromatic rings. The minimum atomic E-state index is -0.891. The zero-order valence-electron chi connectivity index (χ0n) is 13.5. The Morgan fingerprint density at radius 2 is 2.27 bits per heavy atom. The molecule has 1 aromatic heterocycles. The fourth-order valence-corrected chi connectivity index (χ4v) is 3.64. The first-order valence-electron chi connectivity index (χ1n) is 8.27. The number of aromatic nitrogens is 2. The first kappa shape index (κ1) is 15.3. The van der Waals surface area contributed by atoms with Crippen molar-refractivity contribution in [3.63, 3.8) is 0 Å². The van der Waals surface area contributed by atoms with E-state index in [-0.39, 0.29) is 5.69 Å². The average molecular weight is 303 g/mol. The summed E-state index contributed by atoms with van der Waals surface area (Å²) in [6, 6.07) is 0.451. The number of hydrogen-bond donors (Lipinski definition) is 1. The fraction of sp³-hybridized carbons (Fsp3) is 0.647. The van der Waals surface area contributed by atoms with Gasteiger partial charge in [0.2, 0.25) is 0 Å². The highest BCUT2D eigenvalue weighted by Gasteiger charge is 2.31. The zero-order valence-corrected chi connectivity index (χ0v) is 13.5. The normalized spacial score (nSPS) is 22.0. The number of hydrogen-bond acceptors (Lipinski definition) is 3. The summed E-state index contributed by atoms with van der Waals surface area (Å²) < 4.78 is 1.94. The van der Waals surface area contributed by atoms with Crippen LogP contribution in [0.2, 0.25) is 0 Å². The molecule has 0 saturated carbocycles. The molecule has 3 rings (SSSR count). The van der Waals surface area contributed by atoms with Gasteiger partial charge in [0, 0.05) is 36.9 Å². The summed E-state index contributed by atoms with van der Waals surface area (Å²) in [4.78, 5) is 14.0. The zero-order chi connectivity index (χ0) is 15.7. The van der Waals surface area contributed by atoms with Gasteiger partial charge in [0.15, 0.2) is 5.69 Å². The van der Waals surface area contributed by atoms with Gasteiger partial charge in [-0.3, -0.25) is 9.58 Å². The molecule has 1 N–H and O–H groups in total. The summed E-state index contributed by atoms with van der Waals surface area (Å²) in [7, 11) is 0. The minimum Gasteiger partial charge on any atom is -0.476 e. The third kappa shape index (κ3) is 2.95. The van der Waals surface area contributed by atoms with Crippen molar-refractivity contribution in [3.05, 3.63) is 29.1 Å². The smallest absolute Gasteiger partial charge is 0.356 e. The Morgan fingerprint density at radius 1 is 1.45 bits per heavy atom. The van der Waals surface area contributed by atoms with Crippen molar-refractivity contribution in [1.29, 1.82) is 0 Å². The van der Waals surface area contributed by atoms with Crippen molar-refractivity contribution in [2.75, 3.05) is 13.1 Å². The Balaban J connectivity index is 1.87. The van der Waals surface area contributed by atoms with Crippen LogP contribution in [-0.2, 0) is 19.4 Å². The van der Waals surface area contributed by atoms with Crippen LogP contribution in [0.4, 0.5) is 0 Å². The molecule has 1 aliphatic carbocycles. The summed E-state index contributed by atoms with van der Waals surface area (Å²) in [5.74, 6) is -0.423. The summed E-state index contributed by atoms with van der Waals surface area (Å²) in [5.41, 5.74) is 2.39. The van der Waals surface area contributed by atoms with E-state index in [4.69, 9.17) is 0 Å². The van der Waals surface area contributed by atoms with Gasteiger partial charge in [-0.25, -0.2) is 4.79 Å². The maximum Gasteiger partial charge on any atom is 0.356 e. The van der Waals surface area contributed by atoms with E-state index in [1.165, 1.54) is 0 Å². The van der Waals surface area contributed by atoms with E-state index in [2.05, 4.69) is 36.0 Å². The predicted octanol–water partition coefficient (Wildman–Crippen LogP) is 2.36. The minimum absolute atomic E-state index is 0.271. The molecule has 5 nitrogen and oxygen atoms in total. The van der Waals surface area contributed by atoms with Crippen LogP contribution in [0.5, 0.6) is 0 Å². The van der Waals surface area contributed by atoms with Crippen LogP contribution in [-0.4, -0.2) is 44.9 Å². The van der Waals surface area contributed by atoms with Crippen molar-refractivity contribution >= 4 is 5.97 Å². The van der Waals surface area contributed by atoms with Crippen LogP contribution in [0.3, 0.4) is 0 Å². The summed E-state index contributed by atoms with van der Waals surface area (Å²) in [6.07, 6.45) is 8.41. The topological polar surface area (TPSA) is 58.4 Å². The number of aromatic carboxylic acids is 1. The first-order valence-corrected chi connectivity index (χ1v) is 8.27. The number of fused-ring (bicyclic) bond motifs is 1. The standard InChI is InChI=1S/C17H25N3O2/c1-12(2)11-20-15-7-6-13(19-8-4-3-5-9-19)10-14(15)16(18-20)17(21)22/h3-4,12-13H,5-11H2,1-2H3,(H,21,22)/t13-/m0/s1. The lowest BCUT2D eigenvalue weighted by Crippen LogP contribution is -2.41. The van der Waals surface area contributed by atoms with Crippen molar-refractivity contribution in [2.24, 2.45) is 5.92 Å². The summed E-state index contributed by atoms with van der Waals surface area (Å²) in [5, 5.41) is 13.9. The molecule has 1 atom stereocenters. The Hall–Kier alpha value is -1.62. The van der Waals surface area contributed by atoms with Crippen molar-refractivity contribution < 1.29 is 9.90 Å². The largest absolute Gasteiger partial charge is 0.476 e. The maximum absolute atomic E-state index is 11.6. The maximum atomic E-state index is 11.6. The van der Waals surface area contributed by atoms with E-state index >= 15 is 0 Å². The van der Waals surface area contributed by atoms with Crippen LogP contribution >= 0.6 is 0 Å². The van der Waals surface area contributed by atoms with Crippen molar-refractivity contribution in [1.82, 2.24) is 14.7 Å². The first-order chi connectivity index (χ1) is 10.6. The number of carboxylic acid groups (broad SMARTS) is 1. The number of nitrogens with zero attached hydrogens (tertiary/aromatic N) is 3. The fourth-order valence-electron chi connectivity index (χ4n) is 3.64. The molecule has 0 amide bonds. The van der Waals surface area contributed by atoms with E-state index in [1.54, 1.807) is 0 Å². The molecule has 5 heteroatoms. The van der Waals surface area contributed by atoms with E-state index in [0.29, 0.717) is 12.0 Å². The van der Waals surface area contributed by atoms with E-state index in [0.717, 1.165) is 56.6 Å². The highest BCUT2D eigenvalue weighted by molar-refractivity contribution is 5.87. The Kier molecular flexibility index (Phi) is 4.34. The lowest BCUT2D eigenvalue weighted by Gasteiger charge is -2.35. The highest BCUT2D eigenvalue weighted by atomic mass is 16.4. The lowest BCUT2D eigenvalue weighted by molar-refractivity contribution is 0.0687.